The van der Waals surface area contributed by atoms with Crippen molar-refractivity contribution in [2.45, 2.75) is 58.4 Å². The molecule has 1 aliphatic heterocycles. The van der Waals surface area contributed by atoms with E-state index in [0.29, 0.717) is 30.9 Å². The van der Waals surface area contributed by atoms with E-state index in [4.69, 9.17) is 0 Å². The van der Waals surface area contributed by atoms with Crippen molar-refractivity contribution in [1.82, 2.24) is 14.5 Å². The summed E-state index contributed by atoms with van der Waals surface area (Å²) in [5.74, 6) is -0.247. The molecule has 1 fully saturated rings. The van der Waals surface area contributed by atoms with Crippen LogP contribution in [-0.2, 0) is 20.2 Å². The fourth-order valence-electron chi connectivity index (χ4n) is 2.48. The van der Waals surface area contributed by atoms with Gasteiger partial charge in [0.1, 0.15) is 11.0 Å². The molecule has 1 aliphatic rings. The molecule has 1 amide bonds. The Hall–Kier alpha value is -1.06. The summed E-state index contributed by atoms with van der Waals surface area (Å²) in [6.45, 7) is 8.29. The molecule has 1 saturated heterocycles. The summed E-state index contributed by atoms with van der Waals surface area (Å²) >= 11 is 1.32. The lowest BCUT2D eigenvalue weighted by Crippen LogP contribution is -2.44. The molecule has 2 rings (SSSR count). The number of carbonyl (C=O) groups excluding carboxylic acids is 1. The van der Waals surface area contributed by atoms with Crippen LogP contribution in [0.2, 0.25) is 0 Å². The number of hydrogen-bond acceptors (Lipinski definition) is 6. The Morgan fingerprint density at radius 2 is 2.09 bits per heavy atom. The third-order valence-corrected chi connectivity index (χ3v) is 6.96. The third kappa shape index (κ3) is 4.27. The Balaban J connectivity index is 2.09. The number of carbonyl (C=O) groups is 1. The molecule has 1 aromatic rings. The highest BCUT2D eigenvalue weighted by Crippen LogP contribution is 2.29. The summed E-state index contributed by atoms with van der Waals surface area (Å²) in [7, 11) is -3.37. The first-order chi connectivity index (χ1) is 10.6. The van der Waals surface area contributed by atoms with Crippen molar-refractivity contribution >= 4 is 32.4 Å². The normalized spacial score (nSPS) is 19.9. The van der Waals surface area contributed by atoms with E-state index in [1.165, 1.54) is 15.6 Å². The van der Waals surface area contributed by atoms with Crippen LogP contribution in [0.25, 0.3) is 0 Å². The molecule has 1 atom stereocenters. The molecule has 2 heterocycles. The van der Waals surface area contributed by atoms with E-state index < -0.39 is 16.1 Å². The van der Waals surface area contributed by atoms with Gasteiger partial charge >= 0.3 is 0 Å². The highest BCUT2D eigenvalue weighted by Gasteiger charge is 2.38. The second-order valence-electron chi connectivity index (χ2n) is 6.74. The van der Waals surface area contributed by atoms with Crippen LogP contribution >= 0.6 is 11.3 Å². The standard InChI is InChI=1S/C14H24N4O3S2/c1-5-9-23(20,21)18-8-6-7-10(18)11(19)15-13-17-16-12(22-13)14(2,3)4/h10H,5-9H2,1-4H3,(H,15,17,19). The van der Waals surface area contributed by atoms with E-state index in [1.54, 1.807) is 0 Å². The van der Waals surface area contributed by atoms with E-state index in [9.17, 15) is 13.2 Å². The third-order valence-electron chi connectivity index (χ3n) is 3.62. The fraction of sp³-hybridized carbons (Fsp3) is 0.786. The first-order valence-electron chi connectivity index (χ1n) is 7.79. The summed E-state index contributed by atoms with van der Waals surface area (Å²) in [6, 6.07) is -0.645. The van der Waals surface area contributed by atoms with Gasteiger partial charge in [0.15, 0.2) is 0 Å². The number of nitrogens with zero attached hydrogens (tertiary/aromatic N) is 3. The Labute approximate surface area is 141 Å². The molecule has 7 nitrogen and oxygen atoms in total. The minimum atomic E-state index is -3.37. The van der Waals surface area contributed by atoms with Gasteiger partial charge in [-0.15, -0.1) is 10.2 Å². The average Bonchev–Trinajstić information content (AvgIpc) is 3.06. The Morgan fingerprint density at radius 1 is 1.39 bits per heavy atom. The van der Waals surface area contributed by atoms with Crippen LogP contribution in [-0.4, -0.2) is 47.2 Å². The molecule has 0 aliphatic carbocycles. The number of anilines is 1. The Kier molecular flexibility index (Phi) is 5.42. The lowest BCUT2D eigenvalue weighted by molar-refractivity contribution is -0.119. The molecule has 0 aromatic carbocycles. The van der Waals surface area contributed by atoms with Gasteiger partial charge < -0.3 is 0 Å². The number of hydrogen-bond donors (Lipinski definition) is 1. The summed E-state index contributed by atoms with van der Waals surface area (Å²) < 4.78 is 25.8. The topological polar surface area (TPSA) is 92.3 Å². The van der Waals surface area contributed by atoms with Gasteiger partial charge in [0, 0.05) is 12.0 Å². The zero-order valence-corrected chi connectivity index (χ0v) is 15.6. The van der Waals surface area contributed by atoms with Gasteiger partial charge in [-0.3, -0.25) is 10.1 Å². The van der Waals surface area contributed by atoms with Crippen molar-refractivity contribution in [3.63, 3.8) is 0 Å². The van der Waals surface area contributed by atoms with Crippen LogP contribution in [0.15, 0.2) is 0 Å². The number of aromatic nitrogens is 2. The number of amides is 1. The molecule has 130 valence electrons. The summed E-state index contributed by atoms with van der Waals surface area (Å²) in [4.78, 5) is 12.5. The molecule has 0 radical (unpaired) electrons. The Bertz CT molecular complexity index is 664. The second kappa shape index (κ2) is 6.82. The van der Waals surface area contributed by atoms with Crippen molar-refractivity contribution in [1.29, 1.82) is 0 Å². The van der Waals surface area contributed by atoms with Crippen LogP contribution in [0, 0.1) is 0 Å². The Morgan fingerprint density at radius 3 is 2.65 bits per heavy atom. The van der Waals surface area contributed by atoms with E-state index in [1.807, 2.05) is 27.7 Å². The van der Waals surface area contributed by atoms with Crippen molar-refractivity contribution in [3.8, 4) is 0 Å². The van der Waals surface area contributed by atoms with E-state index >= 15 is 0 Å². The molecule has 9 heteroatoms. The lowest BCUT2D eigenvalue weighted by Gasteiger charge is -2.22. The first kappa shape index (κ1) is 18.3. The van der Waals surface area contributed by atoms with Crippen LogP contribution in [0.4, 0.5) is 5.13 Å². The molecule has 1 unspecified atom stereocenters. The maximum atomic E-state index is 12.5. The van der Waals surface area contributed by atoms with Crippen LogP contribution in [0.1, 0.15) is 52.0 Å². The minimum absolute atomic E-state index is 0.0732. The van der Waals surface area contributed by atoms with Gasteiger partial charge in [-0.25, -0.2) is 8.42 Å². The highest BCUT2D eigenvalue weighted by atomic mass is 32.2. The van der Waals surface area contributed by atoms with E-state index in [0.717, 1.165) is 5.01 Å². The first-order valence-corrected chi connectivity index (χ1v) is 10.2. The van der Waals surface area contributed by atoms with Crippen LogP contribution < -0.4 is 5.32 Å². The van der Waals surface area contributed by atoms with E-state index in [2.05, 4.69) is 15.5 Å². The van der Waals surface area contributed by atoms with Gasteiger partial charge in [0.05, 0.1) is 5.75 Å². The molecule has 1 aromatic heterocycles. The quantitative estimate of drug-likeness (QED) is 0.867. The van der Waals surface area contributed by atoms with Gasteiger partial charge in [-0.1, -0.05) is 39.0 Å². The van der Waals surface area contributed by atoms with Gasteiger partial charge in [0.2, 0.25) is 21.1 Å². The molecular formula is C14H24N4O3S2. The molecular weight excluding hydrogens is 336 g/mol. The van der Waals surface area contributed by atoms with Crippen LogP contribution in [0.5, 0.6) is 0 Å². The van der Waals surface area contributed by atoms with E-state index in [-0.39, 0.29) is 17.1 Å². The molecule has 1 N–H and O–H groups in total. The van der Waals surface area contributed by atoms with Gasteiger partial charge in [-0.05, 0) is 19.3 Å². The van der Waals surface area contributed by atoms with Gasteiger partial charge in [0.25, 0.3) is 0 Å². The van der Waals surface area contributed by atoms with Crippen molar-refractivity contribution in [2.24, 2.45) is 0 Å². The average molecular weight is 361 g/mol. The molecule has 0 bridgehead atoms. The zero-order valence-electron chi connectivity index (χ0n) is 14.0. The summed E-state index contributed by atoms with van der Waals surface area (Å²) in [5, 5.41) is 12.0. The van der Waals surface area contributed by atoms with Crippen molar-refractivity contribution in [3.05, 3.63) is 5.01 Å². The summed E-state index contributed by atoms with van der Waals surface area (Å²) in [5.41, 5.74) is -0.134. The molecule has 0 spiro atoms. The lowest BCUT2D eigenvalue weighted by atomic mass is 9.98. The van der Waals surface area contributed by atoms with Crippen molar-refractivity contribution in [2.75, 3.05) is 17.6 Å². The maximum absolute atomic E-state index is 12.5. The number of sulfonamides is 1. The number of rotatable bonds is 5. The second-order valence-corrected chi connectivity index (χ2v) is 9.75. The van der Waals surface area contributed by atoms with Crippen molar-refractivity contribution < 1.29 is 13.2 Å². The smallest absolute Gasteiger partial charge is 0.244 e. The maximum Gasteiger partial charge on any atom is 0.244 e. The van der Waals surface area contributed by atoms with Gasteiger partial charge in [-0.2, -0.15) is 4.31 Å². The predicted octanol–water partition coefficient (Wildman–Crippen LogP) is 1.98. The highest BCUT2D eigenvalue weighted by molar-refractivity contribution is 7.89. The monoisotopic (exact) mass is 360 g/mol. The molecule has 23 heavy (non-hydrogen) atoms. The summed E-state index contributed by atoms with van der Waals surface area (Å²) in [6.07, 6.45) is 1.78. The fourth-order valence-corrected chi connectivity index (χ4v) is 5.03. The minimum Gasteiger partial charge on any atom is -0.299 e. The zero-order chi connectivity index (χ0) is 17.3. The molecule has 0 saturated carbocycles. The number of nitrogens with one attached hydrogen (secondary N) is 1. The SMILES string of the molecule is CCCS(=O)(=O)N1CCCC1C(=O)Nc1nnc(C(C)(C)C)s1. The predicted molar refractivity (Wildman–Crippen MR) is 91.0 cm³/mol. The van der Waals surface area contributed by atoms with Crippen LogP contribution in [0.3, 0.4) is 0 Å². The largest absolute Gasteiger partial charge is 0.299 e.